The highest BCUT2D eigenvalue weighted by Gasteiger charge is 1.95. The number of halogens is 2. The summed E-state index contributed by atoms with van der Waals surface area (Å²) in [6.45, 7) is 0.609. The van der Waals surface area contributed by atoms with Gasteiger partial charge in [0.05, 0.1) is 12.8 Å². The van der Waals surface area contributed by atoms with E-state index >= 15 is 0 Å². The first-order valence-corrected chi connectivity index (χ1v) is 6.19. The van der Waals surface area contributed by atoms with Crippen LogP contribution in [0, 0.1) is 3.77 Å². The number of nitrogens with zero attached hydrogens (tertiary/aromatic N) is 1. The molecule has 16 heavy (non-hydrogen) atoms. The third-order valence-electron chi connectivity index (χ3n) is 1.98. The van der Waals surface area contributed by atoms with Gasteiger partial charge in [0.15, 0.2) is 3.77 Å². The maximum Gasteiger partial charge on any atom is 0.164 e. The molecule has 1 aromatic carbocycles. The second-order valence-corrected chi connectivity index (χ2v) is 4.74. The van der Waals surface area contributed by atoms with E-state index in [1.165, 1.54) is 0 Å². The van der Waals surface area contributed by atoms with Gasteiger partial charge in [-0.2, -0.15) is 0 Å². The lowest BCUT2D eigenvalue weighted by Gasteiger charge is -1.95. The van der Waals surface area contributed by atoms with E-state index < -0.39 is 0 Å². The molecule has 0 unspecified atom stereocenters. The van der Waals surface area contributed by atoms with Gasteiger partial charge in [-0.15, -0.1) is 0 Å². The molecule has 0 aliphatic rings. The van der Waals surface area contributed by atoms with E-state index in [0.717, 1.165) is 20.1 Å². The fourth-order valence-corrected chi connectivity index (χ4v) is 1.92. The molecule has 0 N–H and O–H groups in total. The smallest absolute Gasteiger partial charge is 0.164 e. The van der Waals surface area contributed by atoms with Gasteiger partial charge in [-0.3, -0.25) is 4.99 Å². The standard InChI is InChI=1S/C12H9ClINO/c13-10-3-1-2-9(6-10)7-15-8-11-4-5-12(14)16-11/h1-6,8H,7H2. The van der Waals surface area contributed by atoms with Crippen LogP contribution in [-0.2, 0) is 6.54 Å². The fraction of sp³-hybridized carbons (Fsp3) is 0.0833. The Morgan fingerprint density at radius 3 is 2.88 bits per heavy atom. The normalized spacial score (nSPS) is 11.1. The third-order valence-corrected chi connectivity index (χ3v) is 2.79. The predicted octanol–water partition coefficient (Wildman–Crippen LogP) is 4.16. The van der Waals surface area contributed by atoms with Crippen molar-refractivity contribution in [1.82, 2.24) is 0 Å². The molecule has 0 aliphatic carbocycles. The summed E-state index contributed by atoms with van der Waals surface area (Å²) in [6.07, 6.45) is 1.73. The Bertz CT molecular complexity index is 507. The number of aliphatic imine (C=N–C) groups is 1. The van der Waals surface area contributed by atoms with Crippen LogP contribution in [0.4, 0.5) is 0 Å². The van der Waals surface area contributed by atoms with Gasteiger partial charge in [0, 0.05) is 5.02 Å². The molecule has 0 spiro atoms. The topological polar surface area (TPSA) is 25.5 Å². The quantitative estimate of drug-likeness (QED) is 0.606. The summed E-state index contributed by atoms with van der Waals surface area (Å²) in [5.74, 6) is 0.770. The Hall–Kier alpha value is -0.810. The van der Waals surface area contributed by atoms with Crippen LogP contribution >= 0.6 is 34.2 Å². The zero-order valence-corrected chi connectivity index (χ0v) is 11.3. The summed E-state index contributed by atoms with van der Waals surface area (Å²) in [4.78, 5) is 4.29. The predicted molar refractivity (Wildman–Crippen MR) is 74.2 cm³/mol. The molecule has 2 rings (SSSR count). The minimum atomic E-state index is 0.609. The molecule has 0 aliphatic heterocycles. The van der Waals surface area contributed by atoms with Crippen molar-refractivity contribution in [3.05, 3.63) is 56.5 Å². The summed E-state index contributed by atoms with van der Waals surface area (Å²) >= 11 is 8.00. The van der Waals surface area contributed by atoms with Crippen LogP contribution in [0.2, 0.25) is 5.02 Å². The Kier molecular flexibility index (Phi) is 4.01. The lowest BCUT2D eigenvalue weighted by Crippen LogP contribution is -1.82. The van der Waals surface area contributed by atoms with Gasteiger partial charge >= 0.3 is 0 Å². The van der Waals surface area contributed by atoms with Crippen LogP contribution in [0.5, 0.6) is 0 Å². The van der Waals surface area contributed by atoms with Crippen LogP contribution in [0.15, 0.2) is 45.8 Å². The van der Waals surface area contributed by atoms with Crippen molar-refractivity contribution in [2.24, 2.45) is 4.99 Å². The Balaban J connectivity index is 1.99. The van der Waals surface area contributed by atoms with Crippen LogP contribution in [0.25, 0.3) is 0 Å². The Morgan fingerprint density at radius 1 is 1.31 bits per heavy atom. The number of hydrogen-bond donors (Lipinski definition) is 0. The van der Waals surface area contributed by atoms with E-state index in [9.17, 15) is 0 Å². The lowest BCUT2D eigenvalue weighted by molar-refractivity contribution is 0.531. The summed E-state index contributed by atoms with van der Waals surface area (Å²) < 4.78 is 6.22. The average Bonchev–Trinajstić information content (AvgIpc) is 2.64. The summed E-state index contributed by atoms with van der Waals surface area (Å²) in [6, 6.07) is 11.5. The zero-order chi connectivity index (χ0) is 11.4. The van der Waals surface area contributed by atoms with E-state index in [1.807, 2.05) is 36.4 Å². The van der Waals surface area contributed by atoms with Gasteiger partial charge in [-0.1, -0.05) is 23.7 Å². The van der Waals surface area contributed by atoms with Crippen LogP contribution in [-0.4, -0.2) is 6.21 Å². The van der Waals surface area contributed by atoms with Crippen molar-refractivity contribution in [2.45, 2.75) is 6.54 Å². The first-order chi connectivity index (χ1) is 7.74. The summed E-state index contributed by atoms with van der Waals surface area (Å²) in [7, 11) is 0. The first-order valence-electron chi connectivity index (χ1n) is 4.73. The van der Waals surface area contributed by atoms with Gasteiger partial charge in [0.25, 0.3) is 0 Å². The van der Waals surface area contributed by atoms with Crippen molar-refractivity contribution >= 4 is 40.4 Å². The number of hydrogen-bond acceptors (Lipinski definition) is 2. The highest BCUT2D eigenvalue weighted by molar-refractivity contribution is 14.1. The fourth-order valence-electron chi connectivity index (χ4n) is 1.27. The second kappa shape index (κ2) is 5.50. The van der Waals surface area contributed by atoms with E-state index in [0.29, 0.717) is 6.54 Å². The maximum atomic E-state index is 5.87. The van der Waals surface area contributed by atoms with Gasteiger partial charge in [-0.25, -0.2) is 0 Å². The number of benzene rings is 1. The van der Waals surface area contributed by atoms with Crippen molar-refractivity contribution in [3.8, 4) is 0 Å². The number of rotatable bonds is 3. The van der Waals surface area contributed by atoms with Crippen molar-refractivity contribution in [3.63, 3.8) is 0 Å². The molecule has 0 saturated carbocycles. The molecular weight excluding hydrogens is 336 g/mol. The van der Waals surface area contributed by atoms with Gasteiger partial charge < -0.3 is 4.42 Å². The van der Waals surface area contributed by atoms with Gasteiger partial charge in [0.2, 0.25) is 0 Å². The third kappa shape index (κ3) is 3.35. The van der Waals surface area contributed by atoms with Crippen LogP contribution in [0.3, 0.4) is 0 Å². The molecule has 0 saturated heterocycles. The van der Waals surface area contributed by atoms with E-state index in [1.54, 1.807) is 6.21 Å². The van der Waals surface area contributed by atoms with E-state index in [4.69, 9.17) is 16.0 Å². The minimum Gasteiger partial charge on any atom is -0.449 e. The minimum absolute atomic E-state index is 0.609. The van der Waals surface area contributed by atoms with Crippen LogP contribution < -0.4 is 0 Å². The maximum absolute atomic E-state index is 5.87. The van der Waals surface area contributed by atoms with E-state index in [2.05, 4.69) is 27.6 Å². The van der Waals surface area contributed by atoms with Crippen molar-refractivity contribution in [1.29, 1.82) is 0 Å². The highest BCUT2D eigenvalue weighted by atomic mass is 127. The molecular formula is C12H9ClINO. The Morgan fingerprint density at radius 2 is 2.19 bits per heavy atom. The molecule has 0 radical (unpaired) electrons. The SMILES string of the molecule is Clc1cccc(CN=Cc2ccc(I)o2)c1. The second-order valence-electron chi connectivity index (χ2n) is 3.24. The van der Waals surface area contributed by atoms with Crippen molar-refractivity contribution < 1.29 is 4.42 Å². The molecule has 0 bridgehead atoms. The molecule has 2 nitrogen and oxygen atoms in total. The molecule has 0 atom stereocenters. The largest absolute Gasteiger partial charge is 0.449 e. The monoisotopic (exact) mass is 345 g/mol. The molecule has 1 aromatic heterocycles. The molecule has 1 heterocycles. The molecule has 4 heteroatoms. The number of furan rings is 1. The van der Waals surface area contributed by atoms with Gasteiger partial charge in [0.1, 0.15) is 5.76 Å². The lowest BCUT2D eigenvalue weighted by atomic mass is 10.2. The average molecular weight is 346 g/mol. The molecule has 82 valence electrons. The van der Waals surface area contributed by atoms with Crippen LogP contribution in [0.1, 0.15) is 11.3 Å². The highest BCUT2D eigenvalue weighted by Crippen LogP contribution is 2.12. The Labute approximate surface area is 112 Å². The van der Waals surface area contributed by atoms with E-state index in [-0.39, 0.29) is 0 Å². The molecule has 0 fully saturated rings. The summed E-state index contributed by atoms with van der Waals surface area (Å²) in [5, 5.41) is 0.736. The van der Waals surface area contributed by atoms with Gasteiger partial charge in [-0.05, 0) is 52.4 Å². The first kappa shape index (κ1) is 11.7. The van der Waals surface area contributed by atoms with Crippen molar-refractivity contribution in [2.75, 3.05) is 0 Å². The molecule has 0 amide bonds. The molecule has 2 aromatic rings. The summed E-state index contributed by atoms with van der Waals surface area (Å²) in [5.41, 5.74) is 1.09. The zero-order valence-electron chi connectivity index (χ0n) is 8.36.